The molecule has 1 aliphatic heterocycles. The van der Waals surface area contributed by atoms with E-state index in [9.17, 15) is 22.8 Å². The Labute approximate surface area is 206 Å². The average molecular weight is 498 g/mol. The van der Waals surface area contributed by atoms with Crippen LogP contribution in [0.1, 0.15) is 42.2 Å². The minimum atomic E-state index is -4.43. The average Bonchev–Trinajstić information content (AvgIpc) is 3.00. The highest BCUT2D eigenvalue weighted by Crippen LogP contribution is 2.30. The van der Waals surface area contributed by atoms with E-state index >= 15 is 0 Å². The number of hydrogen-bond acceptors (Lipinski definition) is 4. The van der Waals surface area contributed by atoms with Gasteiger partial charge in [0.1, 0.15) is 6.54 Å². The van der Waals surface area contributed by atoms with Gasteiger partial charge in [-0.05, 0) is 37.6 Å². The lowest BCUT2D eigenvalue weighted by Gasteiger charge is -2.26. The highest BCUT2D eigenvalue weighted by atomic mass is 19.4. The van der Waals surface area contributed by atoms with Gasteiger partial charge < -0.3 is 15.7 Å². The zero-order valence-corrected chi connectivity index (χ0v) is 19.7. The maximum atomic E-state index is 12.4. The molecule has 3 aromatic rings. The molecule has 36 heavy (non-hydrogen) atoms. The zero-order valence-electron chi connectivity index (χ0n) is 19.7. The van der Waals surface area contributed by atoms with Crippen LogP contribution in [0, 0.1) is 0 Å². The van der Waals surface area contributed by atoms with E-state index in [2.05, 4.69) is 4.99 Å². The minimum Gasteiger partial charge on any atom is -0.378 e. The Hall–Kier alpha value is -3.98. The molecule has 6 nitrogen and oxygen atoms in total. The topological polar surface area (TPSA) is 96.0 Å². The van der Waals surface area contributed by atoms with E-state index in [1.54, 1.807) is 0 Å². The summed E-state index contributed by atoms with van der Waals surface area (Å²) in [7, 11) is 0. The van der Waals surface area contributed by atoms with Crippen LogP contribution in [0.4, 0.5) is 18.9 Å². The second-order valence-corrected chi connectivity index (χ2v) is 8.33. The molecule has 3 aromatic carbocycles. The fourth-order valence-corrected chi connectivity index (χ4v) is 3.75. The maximum Gasteiger partial charge on any atom is 0.416 e. The maximum absolute atomic E-state index is 12.4. The Balaban J connectivity index is 0.000000214. The van der Waals surface area contributed by atoms with Crippen LogP contribution in [0.25, 0.3) is 0 Å². The third kappa shape index (κ3) is 6.17. The molecule has 0 aromatic heterocycles. The summed E-state index contributed by atoms with van der Waals surface area (Å²) >= 11 is 0. The van der Waals surface area contributed by atoms with E-state index < -0.39 is 23.8 Å². The van der Waals surface area contributed by atoms with Crippen LogP contribution in [0.5, 0.6) is 0 Å². The van der Waals surface area contributed by atoms with Gasteiger partial charge in [-0.2, -0.15) is 13.2 Å². The standard InChI is InChI=1S/C18H18N2O.C9H8F3NO2/c1-13(2)20-16-11-7-6-10-15(16)18(19-12-17(20)21)14-8-4-3-5-9-14;10-9(11,12)6-3-1-5(2-4-6)7(14)8(13)15/h3-11,13H,12H2,1-2H3;1-4,7,14H,(H2,13,15). The number of aliphatic hydroxyl groups is 1. The number of nitrogens with two attached hydrogens (primary N) is 1. The normalized spacial score (nSPS) is 14.2. The molecule has 0 saturated heterocycles. The van der Waals surface area contributed by atoms with Gasteiger partial charge in [-0.1, -0.05) is 60.7 Å². The molecule has 0 radical (unpaired) electrons. The van der Waals surface area contributed by atoms with Crippen LogP contribution in [-0.4, -0.2) is 35.2 Å². The lowest BCUT2D eigenvalue weighted by atomic mass is 10.00. The second-order valence-electron chi connectivity index (χ2n) is 8.33. The van der Waals surface area contributed by atoms with Crippen LogP contribution in [0.2, 0.25) is 0 Å². The number of alkyl halides is 3. The first-order chi connectivity index (χ1) is 17.0. The summed E-state index contributed by atoms with van der Waals surface area (Å²) in [5, 5.41) is 9.14. The van der Waals surface area contributed by atoms with E-state index in [1.165, 1.54) is 0 Å². The zero-order chi connectivity index (χ0) is 26.5. The van der Waals surface area contributed by atoms with E-state index in [0.29, 0.717) is 0 Å². The molecule has 0 fully saturated rings. The van der Waals surface area contributed by atoms with Crippen molar-refractivity contribution in [2.24, 2.45) is 10.7 Å². The third-order valence-corrected chi connectivity index (χ3v) is 5.45. The van der Waals surface area contributed by atoms with Crippen molar-refractivity contribution < 1.29 is 27.9 Å². The number of primary amides is 1. The molecule has 1 aliphatic rings. The van der Waals surface area contributed by atoms with Gasteiger partial charge in [0.2, 0.25) is 5.91 Å². The number of nitrogens with zero attached hydrogens (tertiary/aromatic N) is 2. The first-order valence-corrected chi connectivity index (χ1v) is 11.2. The van der Waals surface area contributed by atoms with Crippen LogP contribution >= 0.6 is 0 Å². The summed E-state index contributed by atoms with van der Waals surface area (Å²) in [6.45, 7) is 4.25. The Morgan fingerprint density at radius 1 is 0.972 bits per heavy atom. The van der Waals surface area contributed by atoms with Crippen molar-refractivity contribution in [3.63, 3.8) is 0 Å². The Morgan fingerprint density at radius 3 is 2.11 bits per heavy atom. The molecule has 188 valence electrons. The van der Waals surface area contributed by atoms with Gasteiger partial charge in [0.25, 0.3) is 5.91 Å². The van der Waals surface area contributed by atoms with Crippen molar-refractivity contribution in [3.8, 4) is 0 Å². The molecule has 2 amide bonds. The predicted molar refractivity (Wildman–Crippen MR) is 132 cm³/mol. The number of amides is 2. The Morgan fingerprint density at radius 2 is 1.56 bits per heavy atom. The van der Waals surface area contributed by atoms with E-state index in [4.69, 9.17) is 10.8 Å². The molecule has 9 heteroatoms. The molecular formula is C27H26F3N3O3. The number of para-hydroxylation sites is 1. The van der Waals surface area contributed by atoms with Gasteiger partial charge in [0.05, 0.1) is 17.0 Å². The van der Waals surface area contributed by atoms with E-state index in [-0.39, 0.29) is 24.1 Å². The number of benzene rings is 3. The first kappa shape index (κ1) is 26.6. The molecule has 1 heterocycles. The number of carbonyl (C=O) groups is 2. The van der Waals surface area contributed by atoms with Gasteiger partial charge in [0, 0.05) is 17.2 Å². The first-order valence-electron chi connectivity index (χ1n) is 11.2. The molecular weight excluding hydrogens is 471 g/mol. The van der Waals surface area contributed by atoms with Crippen molar-refractivity contribution in [3.05, 3.63) is 101 Å². The van der Waals surface area contributed by atoms with Gasteiger partial charge >= 0.3 is 6.18 Å². The largest absolute Gasteiger partial charge is 0.416 e. The van der Waals surface area contributed by atoms with Crippen LogP contribution in [-0.2, 0) is 15.8 Å². The second kappa shape index (κ2) is 11.2. The van der Waals surface area contributed by atoms with Crippen LogP contribution < -0.4 is 10.6 Å². The summed E-state index contributed by atoms with van der Waals surface area (Å²) in [6.07, 6.45) is -6.01. The molecule has 0 bridgehead atoms. The SMILES string of the molecule is CC(C)N1C(=O)CN=C(c2ccccc2)c2ccccc21.NC(=O)C(O)c1ccc(C(F)(F)F)cc1. The smallest absolute Gasteiger partial charge is 0.378 e. The summed E-state index contributed by atoms with van der Waals surface area (Å²) < 4.78 is 36.4. The fourth-order valence-electron chi connectivity index (χ4n) is 3.75. The Kier molecular flexibility index (Phi) is 8.26. The molecule has 0 aliphatic carbocycles. The third-order valence-electron chi connectivity index (χ3n) is 5.45. The minimum absolute atomic E-state index is 0.0375. The fraction of sp³-hybridized carbons (Fsp3) is 0.222. The molecule has 0 spiro atoms. The number of fused-ring (bicyclic) bond motifs is 1. The number of aliphatic imine (C=N–C) groups is 1. The highest BCUT2D eigenvalue weighted by Gasteiger charge is 2.30. The van der Waals surface area contributed by atoms with Gasteiger partial charge in [0.15, 0.2) is 6.10 Å². The molecule has 3 N–H and O–H groups in total. The number of aliphatic hydroxyl groups excluding tert-OH is 1. The summed E-state index contributed by atoms with van der Waals surface area (Å²) in [5.41, 5.74) is 7.87. The van der Waals surface area contributed by atoms with Crippen molar-refractivity contribution in [1.82, 2.24) is 0 Å². The van der Waals surface area contributed by atoms with Gasteiger partial charge in [-0.15, -0.1) is 0 Å². The van der Waals surface area contributed by atoms with E-state index in [0.717, 1.165) is 46.8 Å². The van der Waals surface area contributed by atoms with Crippen LogP contribution in [0.15, 0.2) is 83.9 Å². The van der Waals surface area contributed by atoms with Crippen molar-refractivity contribution in [1.29, 1.82) is 0 Å². The van der Waals surface area contributed by atoms with Crippen molar-refractivity contribution in [2.75, 3.05) is 11.4 Å². The molecule has 4 rings (SSSR count). The number of rotatable bonds is 4. The van der Waals surface area contributed by atoms with Crippen LogP contribution in [0.3, 0.4) is 0 Å². The number of halogens is 3. The number of carbonyl (C=O) groups excluding carboxylic acids is 2. The number of hydrogen-bond donors (Lipinski definition) is 2. The lowest BCUT2D eigenvalue weighted by molar-refractivity contribution is -0.137. The van der Waals surface area contributed by atoms with Gasteiger partial charge in [-0.25, -0.2) is 0 Å². The summed E-state index contributed by atoms with van der Waals surface area (Å²) in [6, 6.07) is 21.7. The molecule has 0 saturated carbocycles. The number of anilines is 1. The van der Waals surface area contributed by atoms with E-state index in [1.807, 2.05) is 73.3 Å². The van der Waals surface area contributed by atoms with Gasteiger partial charge in [-0.3, -0.25) is 14.6 Å². The number of benzodiazepines with no additional fused rings is 1. The quantitative estimate of drug-likeness (QED) is 0.556. The highest BCUT2D eigenvalue weighted by molar-refractivity contribution is 6.19. The van der Waals surface area contributed by atoms with Crippen molar-refractivity contribution in [2.45, 2.75) is 32.2 Å². The monoisotopic (exact) mass is 497 g/mol. The van der Waals surface area contributed by atoms with Crippen molar-refractivity contribution >= 4 is 23.2 Å². The predicted octanol–water partition coefficient (Wildman–Crippen LogP) is 4.50. The molecule has 1 unspecified atom stereocenters. The molecule has 1 atom stereocenters. The Bertz CT molecular complexity index is 1240. The summed E-state index contributed by atoms with van der Waals surface area (Å²) in [4.78, 5) is 29.4. The summed E-state index contributed by atoms with van der Waals surface area (Å²) in [5.74, 6) is -0.960. The lowest BCUT2D eigenvalue weighted by Crippen LogP contribution is -2.38.